The van der Waals surface area contributed by atoms with Gasteiger partial charge in [0.15, 0.2) is 11.5 Å². The molecule has 1 fully saturated rings. The van der Waals surface area contributed by atoms with Gasteiger partial charge in [0.25, 0.3) is 5.91 Å². The fourth-order valence-electron chi connectivity index (χ4n) is 3.60. The number of nitrogens with zero attached hydrogens (tertiary/aromatic N) is 2. The van der Waals surface area contributed by atoms with E-state index >= 15 is 0 Å². The minimum Gasteiger partial charge on any atom is -0.493 e. The number of carbonyl (C=O) groups excluding carboxylic acids is 1. The van der Waals surface area contributed by atoms with Crippen LogP contribution in [0.2, 0.25) is 0 Å². The van der Waals surface area contributed by atoms with E-state index in [-0.39, 0.29) is 11.3 Å². The highest BCUT2D eigenvalue weighted by Crippen LogP contribution is 2.41. The third-order valence-electron chi connectivity index (χ3n) is 5.12. The van der Waals surface area contributed by atoms with Gasteiger partial charge in [-0.1, -0.05) is 25.3 Å². The van der Waals surface area contributed by atoms with Gasteiger partial charge in [-0.25, -0.2) is 5.43 Å². The summed E-state index contributed by atoms with van der Waals surface area (Å²) in [6.07, 6.45) is 10.5. The van der Waals surface area contributed by atoms with Gasteiger partial charge >= 0.3 is 0 Å². The number of methoxy groups -OCH3 is 2. The van der Waals surface area contributed by atoms with Crippen LogP contribution in [0.3, 0.4) is 0 Å². The first kappa shape index (κ1) is 18.9. The van der Waals surface area contributed by atoms with Gasteiger partial charge in [-0.15, -0.1) is 0 Å². The first-order chi connectivity index (χ1) is 13.2. The van der Waals surface area contributed by atoms with E-state index in [1.165, 1.54) is 6.42 Å². The Labute approximate surface area is 159 Å². The number of hydrogen-bond acceptors (Lipinski definition) is 5. The predicted octanol–water partition coefficient (Wildman–Crippen LogP) is 3.72. The van der Waals surface area contributed by atoms with Crippen molar-refractivity contribution in [2.24, 2.45) is 5.10 Å². The summed E-state index contributed by atoms with van der Waals surface area (Å²) in [5.41, 5.74) is 4.08. The number of nitrogens with one attached hydrogen (secondary N) is 1. The molecule has 1 N–H and O–H groups in total. The zero-order chi connectivity index (χ0) is 19.1. The Morgan fingerprint density at radius 1 is 1.07 bits per heavy atom. The van der Waals surface area contributed by atoms with Gasteiger partial charge in [0, 0.05) is 29.6 Å². The number of hydrogen-bond donors (Lipinski definition) is 1. The molecule has 142 valence electrons. The lowest BCUT2D eigenvalue weighted by Crippen LogP contribution is -2.32. The SMILES string of the molecule is COc1ccc(C2(/C=N/NC(=O)c3ccncc3)CCCCC2)cc1OC. The molecule has 1 saturated carbocycles. The Kier molecular flexibility index (Phi) is 6.06. The lowest BCUT2D eigenvalue weighted by atomic mass is 9.70. The summed E-state index contributed by atoms with van der Waals surface area (Å²) in [6.45, 7) is 0. The highest BCUT2D eigenvalue weighted by Gasteiger charge is 2.33. The number of hydrazone groups is 1. The van der Waals surface area contributed by atoms with Gasteiger partial charge in [0.2, 0.25) is 0 Å². The third-order valence-corrected chi connectivity index (χ3v) is 5.12. The first-order valence-corrected chi connectivity index (χ1v) is 9.15. The molecule has 0 spiro atoms. The molecule has 0 saturated heterocycles. The molecule has 1 aliphatic carbocycles. The zero-order valence-corrected chi connectivity index (χ0v) is 15.8. The molecule has 6 nitrogen and oxygen atoms in total. The van der Waals surface area contributed by atoms with Crippen LogP contribution in [0.5, 0.6) is 11.5 Å². The summed E-state index contributed by atoms with van der Waals surface area (Å²) in [4.78, 5) is 16.1. The molecule has 1 aromatic heterocycles. The van der Waals surface area contributed by atoms with Crippen molar-refractivity contribution in [2.75, 3.05) is 14.2 Å². The minimum absolute atomic E-state index is 0.219. The molecule has 0 aliphatic heterocycles. The van der Waals surface area contributed by atoms with E-state index in [2.05, 4.69) is 21.6 Å². The Balaban J connectivity index is 1.84. The van der Waals surface area contributed by atoms with Crippen molar-refractivity contribution >= 4 is 12.1 Å². The quantitative estimate of drug-likeness (QED) is 0.624. The van der Waals surface area contributed by atoms with Crippen molar-refractivity contribution in [2.45, 2.75) is 37.5 Å². The van der Waals surface area contributed by atoms with E-state index in [1.807, 2.05) is 18.3 Å². The summed E-state index contributed by atoms with van der Waals surface area (Å²) in [5, 5.41) is 4.30. The van der Waals surface area contributed by atoms with E-state index in [9.17, 15) is 4.79 Å². The number of pyridine rings is 1. The standard InChI is InChI=1S/C21H25N3O3/c1-26-18-7-6-17(14-19(18)27-2)21(10-4-3-5-11-21)15-23-24-20(25)16-8-12-22-13-9-16/h6-9,12-15H,3-5,10-11H2,1-2H3,(H,24,25)/b23-15+. The Morgan fingerprint density at radius 3 is 2.44 bits per heavy atom. The topological polar surface area (TPSA) is 72.8 Å². The molecule has 1 aromatic carbocycles. The molecule has 3 rings (SSSR count). The van der Waals surface area contributed by atoms with Crippen molar-refractivity contribution < 1.29 is 14.3 Å². The summed E-state index contributed by atoms with van der Waals surface area (Å²) in [6, 6.07) is 9.32. The molecule has 2 aromatic rings. The largest absolute Gasteiger partial charge is 0.493 e. The summed E-state index contributed by atoms with van der Waals surface area (Å²) in [5.74, 6) is 1.16. The summed E-state index contributed by atoms with van der Waals surface area (Å²) < 4.78 is 10.8. The molecule has 1 heterocycles. The molecule has 0 atom stereocenters. The maximum Gasteiger partial charge on any atom is 0.271 e. The molecular formula is C21H25N3O3. The normalized spacial score (nSPS) is 16.1. The van der Waals surface area contributed by atoms with Gasteiger partial charge in [-0.05, 0) is 42.7 Å². The number of amides is 1. The number of carbonyl (C=O) groups is 1. The van der Waals surface area contributed by atoms with Crippen LogP contribution in [0.25, 0.3) is 0 Å². The highest BCUT2D eigenvalue weighted by atomic mass is 16.5. The molecule has 27 heavy (non-hydrogen) atoms. The number of aromatic nitrogens is 1. The van der Waals surface area contributed by atoms with E-state index in [4.69, 9.17) is 9.47 Å². The third kappa shape index (κ3) is 4.27. The van der Waals surface area contributed by atoms with Crippen molar-refractivity contribution in [1.82, 2.24) is 10.4 Å². The molecule has 0 bridgehead atoms. The van der Waals surface area contributed by atoms with Gasteiger partial charge in [-0.3, -0.25) is 9.78 Å². The van der Waals surface area contributed by atoms with Gasteiger partial charge in [0.1, 0.15) is 0 Å². The lowest BCUT2D eigenvalue weighted by molar-refractivity contribution is 0.0954. The average Bonchev–Trinajstić information content (AvgIpc) is 2.74. The van der Waals surface area contributed by atoms with E-state index in [0.29, 0.717) is 17.1 Å². The van der Waals surface area contributed by atoms with Gasteiger partial charge in [-0.2, -0.15) is 5.10 Å². The lowest BCUT2D eigenvalue weighted by Gasteiger charge is -2.34. The van der Waals surface area contributed by atoms with Crippen LogP contribution in [0, 0.1) is 0 Å². The van der Waals surface area contributed by atoms with Gasteiger partial charge < -0.3 is 9.47 Å². The molecule has 1 aliphatic rings. The van der Waals surface area contributed by atoms with E-state index in [1.54, 1.807) is 38.7 Å². The van der Waals surface area contributed by atoms with Crippen LogP contribution in [0.15, 0.2) is 47.8 Å². The fourth-order valence-corrected chi connectivity index (χ4v) is 3.60. The molecule has 0 unspecified atom stereocenters. The summed E-state index contributed by atoms with van der Waals surface area (Å²) >= 11 is 0. The van der Waals surface area contributed by atoms with Crippen molar-refractivity contribution in [1.29, 1.82) is 0 Å². The van der Waals surface area contributed by atoms with Crippen molar-refractivity contribution in [3.05, 3.63) is 53.9 Å². The molecule has 6 heteroatoms. The van der Waals surface area contributed by atoms with Crippen molar-refractivity contribution in [3.63, 3.8) is 0 Å². The fraction of sp³-hybridized carbons (Fsp3) is 0.381. The van der Waals surface area contributed by atoms with Crippen LogP contribution in [-0.2, 0) is 5.41 Å². The second-order valence-electron chi connectivity index (χ2n) is 6.72. The highest BCUT2D eigenvalue weighted by molar-refractivity contribution is 5.94. The van der Waals surface area contributed by atoms with Crippen LogP contribution in [-0.4, -0.2) is 31.3 Å². The Bertz CT molecular complexity index is 800. The van der Waals surface area contributed by atoms with Crippen LogP contribution < -0.4 is 14.9 Å². The minimum atomic E-state index is -0.244. The summed E-state index contributed by atoms with van der Waals surface area (Å²) in [7, 11) is 3.27. The maximum atomic E-state index is 12.2. The zero-order valence-electron chi connectivity index (χ0n) is 15.8. The smallest absolute Gasteiger partial charge is 0.271 e. The van der Waals surface area contributed by atoms with Crippen LogP contribution in [0.4, 0.5) is 0 Å². The molecule has 0 radical (unpaired) electrons. The Hall–Kier alpha value is -2.89. The van der Waals surface area contributed by atoms with Crippen molar-refractivity contribution in [3.8, 4) is 11.5 Å². The maximum absolute atomic E-state index is 12.2. The van der Waals surface area contributed by atoms with Gasteiger partial charge in [0.05, 0.1) is 14.2 Å². The second-order valence-corrected chi connectivity index (χ2v) is 6.72. The number of rotatable bonds is 6. The molecule has 1 amide bonds. The monoisotopic (exact) mass is 367 g/mol. The van der Waals surface area contributed by atoms with E-state index in [0.717, 1.165) is 31.2 Å². The average molecular weight is 367 g/mol. The van der Waals surface area contributed by atoms with Crippen LogP contribution in [0.1, 0.15) is 48.0 Å². The molecular weight excluding hydrogens is 342 g/mol. The first-order valence-electron chi connectivity index (χ1n) is 9.15. The number of ether oxygens (including phenoxy) is 2. The predicted molar refractivity (Wildman–Crippen MR) is 105 cm³/mol. The van der Waals surface area contributed by atoms with Crippen LogP contribution >= 0.6 is 0 Å². The number of benzene rings is 1. The second kappa shape index (κ2) is 8.66. The Morgan fingerprint density at radius 2 is 1.78 bits per heavy atom. The van der Waals surface area contributed by atoms with E-state index < -0.39 is 0 Å².